The highest BCUT2D eigenvalue weighted by atomic mass is 35.5. The maximum absolute atomic E-state index is 14.7. The van der Waals surface area contributed by atoms with Gasteiger partial charge in [-0.3, -0.25) is 28.8 Å². The molecular formula is C47H42Cl2N2O13S. The fourth-order valence-electron chi connectivity index (χ4n) is 9.82. The number of ether oxygens (including phenoxy) is 6. The van der Waals surface area contributed by atoms with Gasteiger partial charge in [-0.2, -0.15) is 0 Å². The van der Waals surface area contributed by atoms with E-state index in [4.69, 9.17) is 51.6 Å². The molecule has 1 N–H and O–H groups in total. The number of alkyl halides is 2. The van der Waals surface area contributed by atoms with Crippen molar-refractivity contribution in [3.8, 4) is 11.5 Å². The summed E-state index contributed by atoms with van der Waals surface area (Å²) in [5, 5.41) is 13.7. The van der Waals surface area contributed by atoms with Gasteiger partial charge >= 0.3 is 23.9 Å². The first-order valence-electron chi connectivity index (χ1n) is 20.8. The number of halogens is 2. The molecule has 1 aromatic heterocycles. The zero-order chi connectivity index (χ0) is 46.1. The van der Waals surface area contributed by atoms with Gasteiger partial charge in [0.25, 0.3) is 11.8 Å². The Kier molecular flexibility index (Phi) is 11.7. The number of amides is 2. The molecule has 0 spiro atoms. The Labute approximate surface area is 385 Å². The summed E-state index contributed by atoms with van der Waals surface area (Å²) in [7, 11) is 0. The van der Waals surface area contributed by atoms with Crippen LogP contribution in [0.2, 0.25) is 0 Å². The van der Waals surface area contributed by atoms with Gasteiger partial charge in [0.1, 0.15) is 24.2 Å². The van der Waals surface area contributed by atoms with E-state index in [9.17, 15) is 33.9 Å². The first-order valence-corrected chi connectivity index (χ1v) is 22.7. The predicted octanol–water partition coefficient (Wildman–Crippen LogP) is 7.19. The fraction of sp³-hybridized carbons (Fsp3) is 0.362. The van der Waals surface area contributed by atoms with Crippen LogP contribution >= 0.6 is 34.5 Å². The van der Waals surface area contributed by atoms with Crippen molar-refractivity contribution < 1.29 is 62.3 Å². The van der Waals surface area contributed by atoms with Gasteiger partial charge in [-0.15, -0.1) is 34.5 Å². The van der Waals surface area contributed by atoms with Crippen molar-refractivity contribution in [1.29, 1.82) is 0 Å². The number of anilines is 2. The van der Waals surface area contributed by atoms with Crippen molar-refractivity contribution >= 4 is 103 Å². The zero-order valence-corrected chi connectivity index (χ0v) is 37.7. The van der Waals surface area contributed by atoms with E-state index in [1.165, 1.54) is 20.8 Å². The first kappa shape index (κ1) is 44.3. The van der Waals surface area contributed by atoms with Crippen LogP contribution in [-0.4, -0.2) is 102 Å². The highest BCUT2D eigenvalue weighted by Crippen LogP contribution is 2.60. The SMILES string of the molecule is CC(=O)OCC1O[C@@H](Oc2cc3c(c4ccccc24)[C@H](CCl)CN3C(=O)c2ccc(C(=O)N3C[C@@H](CCl)c4c3cc(O)c3ccccc43)s2)[C@@H](OC(C)=O)C2C(OC(C)=O)C12OC(C)=O. The Balaban J connectivity index is 1.06. The van der Waals surface area contributed by atoms with Crippen molar-refractivity contribution in [3.05, 3.63) is 93.7 Å². The number of thiophene rings is 1. The molecule has 1 saturated heterocycles. The molecule has 8 atom stereocenters. The number of hydrogen-bond acceptors (Lipinski definition) is 14. The molecule has 3 aliphatic heterocycles. The van der Waals surface area contributed by atoms with Crippen LogP contribution in [0.4, 0.5) is 11.4 Å². The maximum atomic E-state index is 14.7. The van der Waals surface area contributed by atoms with Crippen molar-refractivity contribution in [2.45, 2.75) is 69.7 Å². The van der Waals surface area contributed by atoms with Crippen molar-refractivity contribution in [1.82, 2.24) is 0 Å². The number of fused-ring (bicyclic) bond motifs is 7. The molecule has 4 unspecified atom stereocenters. The van der Waals surface area contributed by atoms with E-state index in [0.29, 0.717) is 33.6 Å². The average Bonchev–Trinajstić information content (AvgIpc) is 3.69. The Morgan fingerprint density at radius 1 is 0.723 bits per heavy atom. The van der Waals surface area contributed by atoms with Gasteiger partial charge in [-0.1, -0.05) is 48.5 Å². The quantitative estimate of drug-likeness (QED) is 0.0798. The van der Waals surface area contributed by atoms with Gasteiger partial charge in [-0.25, -0.2) is 0 Å². The molecule has 2 amide bonds. The van der Waals surface area contributed by atoms with Crippen molar-refractivity contribution in [2.24, 2.45) is 5.92 Å². The first-order chi connectivity index (χ1) is 31.2. The molecule has 4 heterocycles. The normalized spacial score (nSPS) is 25.0. The maximum Gasteiger partial charge on any atom is 0.303 e. The number of rotatable bonds is 11. The third kappa shape index (κ3) is 7.59. The summed E-state index contributed by atoms with van der Waals surface area (Å²) in [6.45, 7) is 4.76. The molecule has 65 heavy (non-hydrogen) atoms. The minimum Gasteiger partial charge on any atom is -0.507 e. The summed E-state index contributed by atoms with van der Waals surface area (Å²) in [6, 6.07) is 21.2. The van der Waals surface area contributed by atoms with Crippen molar-refractivity contribution in [3.63, 3.8) is 0 Å². The molecule has 0 radical (unpaired) electrons. The second-order valence-corrected chi connectivity index (χ2v) is 18.1. The van der Waals surface area contributed by atoms with Gasteiger partial charge in [0.05, 0.1) is 27.0 Å². The van der Waals surface area contributed by atoms with Gasteiger partial charge in [0.2, 0.25) is 6.29 Å². The second-order valence-electron chi connectivity index (χ2n) is 16.4. The minimum absolute atomic E-state index is 0.0412. The van der Waals surface area contributed by atoms with Gasteiger partial charge in [-0.05, 0) is 34.0 Å². The van der Waals surface area contributed by atoms with Crippen LogP contribution < -0.4 is 14.5 Å². The van der Waals surface area contributed by atoms with E-state index in [1.54, 1.807) is 40.1 Å². The summed E-state index contributed by atoms with van der Waals surface area (Å²) in [4.78, 5) is 82.3. The summed E-state index contributed by atoms with van der Waals surface area (Å²) in [5.41, 5.74) is 1.02. The number of esters is 4. The number of aromatic hydroxyl groups is 1. The third-order valence-corrected chi connectivity index (χ3v) is 14.2. The number of carbonyl (C=O) groups is 6. The summed E-state index contributed by atoms with van der Waals surface area (Å²) in [5.74, 6) is -4.38. The molecule has 2 fully saturated rings. The molecule has 4 aliphatic rings. The van der Waals surface area contributed by atoms with Gasteiger partial charge in [0.15, 0.2) is 17.8 Å². The van der Waals surface area contributed by atoms with Crippen LogP contribution in [0, 0.1) is 5.92 Å². The molecule has 338 valence electrons. The summed E-state index contributed by atoms with van der Waals surface area (Å²) < 4.78 is 35.6. The lowest BCUT2D eigenvalue weighted by Crippen LogP contribution is -2.55. The highest BCUT2D eigenvalue weighted by Gasteiger charge is 2.82. The smallest absolute Gasteiger partial charge is 0.303 e. The van der Waals surface area contributed by atoms with E-state index in [-0.39, 0.29) is 52.4 Å². The minimum atomic E-state index is -1.69. The predicted molar refractivity (Wildman–Crippen MR) is 239 cm³/mol. The highest BCUT2D eigenvalue weighted by molar-refractivity contribution is 7.16. The van der Waals surface area contributed by atoms with Crippen LogP contribution in [-0.2, 0) is 42.9 Å². The number of phenols is 1. The lowest BCUT2D eigenvalue weighted by atomic mass is 9.95. The molecule has 1 saturated carbocycles. The fourth-order valence-corrected chi connectivity index (χ4v) is 11.2. The molecular weight excluding hydrogens is 903 g/mol. The Morgan fingerprint density at radius 3 is 1.80 bits per heavy atom. The molecule has 1 aliphatic carbocycles. The number of hydrogen-bond donors (Lipinski definition) is 1. The standard InChI is InChI=1S/C47H42Cl2N2O13S/c1-22(52)59-21-38-47(64-25(4)55)41(43(47)61-24(3)54)42(60-23(2)53)46(63-38)62-35-16-33-40(31-12-8-6-10-29(31)35)27(18-49)20-51(33)45(58)37-14-13-36(65-37)44(57)50-19-26(17-48)39-30-11-7-5-9-28(30)34(56)15-32(39)50/h5-16,26-27,38,41-43,46,56H,17-21H2,1-4H3/t26-,27-,38?,41?,42+,43?,46-,47?/m1/s1. The summed E-state index contributed by atoms with van der Waals surface area (Å²) >= 11 is 14.1. The Morgan fingerprint density at radius 2 is 1.26 bits per heavy atom. The van der Waals surface area contributed by atoms with Crippen molar-refractivity contribution in [2.75, 3.05) is 41.3 Å². The summed E-state index contributed by atoms with van der Waals surface area (Å²) in [6.07, 6.45) is -5.15. The second kappa shape index (κ2) is 17.1. The lowest BCUT2D eigenvalue weighted by Gasteiger charge is -2.38. The van der Waals surface area contributed by atoms with E-state index in [2.05, 4.69) is 0 Å². The van der Waals surface area contributed by atoms with Crippen LogP contribution in [0.15, 0.2) is 72.8 Å². The topological polar surface area (TPSA) is 185 Å². The van der Waals surface area contributed by atoms with E-state index in [0.717, 1.165) is 40.2 Å². The molecule has 0 bridgehead atoms. The number of benzene rings is 4. The zero-order valence-electron chi connectivity index (χ0n) is 35.4. The van der Waals surface area contributed by atoms with E-state index >= 15 is 0 Å². The monoisotopic (exact) mass is 944 g/mol. The number of nitrogens with zero attached hydrogens (tertiary/aromatic N) is 2. The van der Waals surface area contributed by atoms with Crippen LogP contribution in [0.25, 0.3) is 21.5 Å². The van der Waals surface area contributed by atoms with Gasteiger partial charge < -0.3 is 43.3 Å². The molecule has 4 aromatic carbocycles. The number of phenolic OH excluding ortho intramolecular Hbond substituents is 1. The molecule has 15 nitrogen and oxygen atoms in total. The third-order valence-electron chi connectivity index (χ3n) is 12.4. The lowest BCUT2D eigenvalue weighted by molar-refractivity contribution is -0.257. The average molecular weight is 946 g/mol. The van der Waals surface area contributed by atoms with Crippen LogP contribution in [0.5, 0.6) is 11.5 Å². The van der Waals surface area contributed by atoms with E-state index in [1.807, 2.05) is 42.5 Å². The van der Waals surface area contributed by atoms with Crippen LogP contribution in [0.1, 0.15) is 70.0 Å². The molecule has 18 heteroatoms. The molecule has 5 aromatic rings. The van der Waals surface area contributed by atoms with Crippen LogP contribution in [0.3, 0.4) is 0 Å². The molecule has 9 rings (SSSR count). The Hall–Kier alpha value is -5.94. The Bertz CT molecular complexity index is 2810. The number of carbonyl (C=O) groups excluding carboxylic acids is 6. The van der Waals surface area contributed by atoms with E-state index < -0.39 is 72.5 Å². The van der Waals surface area contributed by atoms with Gasteiger partial charge in [0, 0.05) is 87.3 Å². The largest absolute Gasteiger partial charge is 0.507 e.